The third kappa shape index (κ3) is 9.80. The van der Waals surface area contributed by atoms with Gasteiger partial charge in [0.15, 0.2) is 0 Å². The van der Waals surface area contributed by atoms with Crippen molar-refractivity contribution in [2.45, 2.75) is 85.9 Å². The smallest absolute Gasteiger partial charge is 0.312 e. The number of primary amides is 1. The van der Waals surface area contributed by atoms with Crippen molar-refractivity contribution in [3.8, 4) is 0 Å². The Morgan fingerprint density at radius 2 is 1.62 bits per heavy atom. The number of carbonyl (C=O) groups excluding carboxylic acids is 2. The summed E-state index contributed by atoms with van der Waals surface area (Å²) in [4.78, 5) is 23.8. The van der Waals surface area contributed by atoms with Crippen LogP contribution in [0.5, 0.6) is 0 Å². The van der Waals surface area contributed by atoms with E-state index in [1.54, 1.807) is 0 Å². The topological polar surface area (TPSA) is 96.2 Å². The Kier molecular flexibility index (Phi) is 9.35. The molecule has 0 fully saturated rings. The molecule has 0 rings (SSSR count). The number of hydrogen-bond donors (Lipinski definition) is 4. The summed E-state index contributed by atoms with van der Waals surface area (Å²) < 4.78 is 0. The Balaban J connectivity index is 5.14. The molecule has 0 aromatic carbocycles. The fraction of sp³-hybridized carbons (Fsp3) is 0.800. The lowest BCUT2D eigenvalue weighted by atomic mass is 9.81. The molecule has 0 heterocycles. The zero-order valence-corrected chi connectivity index (χ0v) is 18.0. The molecule has 0 aliphatic heterocycles. The summed E-state index contributed by atoms with van der Waals surface area (Å²) >= 11 is 0. The van der Waals surface area contributed by atoms with Gasteiger partial charge in [-0.25, -0.2) is 4.79 Å². The minimum absolute atomic E-state index is 0.0202. The maximum atomic E-state index is 12.9. The minimum Gasteiger partial charge on any atom is -0.352 e. The SMILES string of the molecule is C=C(C(CCCNC(N)=O)NC(=O)C(NC(C)(C)C)C(C)C)C(C)(C)C. The summed E-state index contributed by atoms with van der Waals surface area (Å²) in [5, 5.41) is 9.16. The molecular weight excluding hydrogens is 328 g/mol. The highest BCUT2D eigenvalue weighted by molar-refractivity contribution is 5.82. The van der Waals surface area contributed by atoms with Crippen LogP contribution < -0.4 is 21.7 Å². The van der Waals surface area contributed by atoms with Gasteiger partial charge in [-0.05, 0) is 50.5 Å². The third-order valence-electron chi connectivity index (χ3n) is 4.21. The van der Waals surface area contributed by atoms with E-state index in [2.05, 4.69) is 64.1 Å². The van der Waals surface area contributed by atoms with E-state index in [-0.39, 0.29) is 34.9 Å². The largest absolute Gasteiger partial charge is 0.352 e. The highest BCUT2D eigenvalue weighted by Gasteiger charge is 2.30. The summed E-state index contributed by atoms with van der Waals surface area (Å²) in [5.41, 5.74) is 5.80. The molecule has 2 unspecified atom stereocenters. The van der Waals surface area contributed by atoms with E-state index in [0.717, 1.165) is 5.57 Å². The molecule has 5 N–H and O–H groups in total. The van der Waals surface area contributed by atoms with Crippen LogP contribution in [0.3, 0.4) is 0 Å². The maximum Gasteiger partial charge on any atom is 0.312 e. The quantitative estimate of drug-likeness (QED) is 0.372. The second-order valence-corrected chi connectivity index (χ2v) is 9.39. The highest BCUT2D eigenvalue weighted by Crippen LogP contribution is 2.28. The summed E-state index contributed by atoms with van der Waals surface area (Å²) in [6.07, 6.45) is 1.41. The van der Waals surface area contributed by atoms with Crippen molar-refractivity contribution in [3.05, 3.63) is 12.2 Å². The van der Waals surface area contributed by atoms with Gasteiger partial charge in [0.2, 0.25) is 5.91 Å². The van der Waals surface area contributed by atoms with Gasteiger partial charge in [0.05, 0.1) is 12.1 Å². The molecule has 2 atom stereocenters. The number of amides is 3. The van der Waals surface area contributed by atoms with Crippen LogP contribution in [0.1, 0.15) is 68.2 Å². The van der Waals surface area contributed by atoms with Crippen LogP contribution in [0.4, 0.5) is 4.79 Å². The Bertz CT molecular complexity index is 487. The van der Waals surface area contributed by atoms with Crippen molar-refractivity contribution in [3.63, 3.8) is 0 Å². The molecular formula is C20H40N4O2. The van der Waals surface area contributed by atoms with Gasteiger partial charge in [-0.3, -0.25) is 4.79 Å². The van der Waals surface area contributed by atoms with Crippen molar-refractivity contribution in [1.29, 1.82) is 0 Å². The monoisotopic (exact) mass is 368 g/mol. The van der Waals surface area contributed by atoms with Crippen molar-refractivity contribution in [1.82, 2.24) is 16.0 Å². The van der Waals surface area contributed by atoms with Crippen LogP contribution in [0.25, 0.3) is 0 Å². The van der Waals surface area contributed by atoms with E-state index in [0.29, 0.717) is 19.4 Å². The molecule has 0 aromatic heterocycles. The second kappa shape index (κ2) is 9.95. The molecule has 6 nitrogen and oxygen atoms in total. The fourth-order valence-corrected chi connectivity index (χ4v) is 2.64. The molecule has 0 radical (unpaired) electrons. The van der Waals surface area contributed by atoms with Crippen molar-refractivity contribution < 1.29 is 9.59 Å². The Morgan fingerprint density at radius 3 is 2.00 bits per heavy atom. The Morgan fingerprint density at radius 1 is 1.08 bits per heavy atom. The first-order chi connectivity index (χ1) is 11.6. The predicted octanol–water partition coefficient (Wildman–Crippen LogP) is 2.93. The molecule has 0 aliphatic carbocycles. The highest BCUT2D eigenvalue weighted by atomic mass is 16.2. The lowest BCUT2D eigenvalue weighted by Crippen LogP contribution is -2.56. The standard InChI is InChI=1S/C20H40N4O2/c1-13(2)16(24-20(7,8)9)17(25)23-15(14(3)19(4,5)6)11-10-12-22-18(21)26/h13,15-16,24H,3,10-12H2,1-2,4-9H3,(H,23,25)(H3,21,22,26). The van der Waals surface area contributed by atoms with E-state index in [1.165, 1.54) is 0 Å². The summed E-state index contributed by atoms with van der Waals surface area (Å²) in [6.45, 7) is 21.2. The lowest BCUT2D eigenvalue weighted by molar-refractivity contribution is -0.125. The van der Waals surface area contributed by atoms with Crippen LogP contribution in [0.2, 0.25) is 0 Å². The molecule has 0 saturated carbocycles. The van der Waals surface area contributed by atoms with Crippen molar-refractivity contribution in [2.24, 2.45) is 17.1 Å². The molecule has 152 valence electrons. The zero-order chi connectivity index (χ0) is 20.7. The van der Waals surface area contributed by atoms with E-state index >= 15 is 0 Å². The number of carbonyl (C=O) groups is 2. The first-order valence-corrected chi connectivity index (χ1v) is 9.46. The first kappa shape index (κ1) is 24.4. The first-order valence-electron chi connectivity index (χ1n) is 9.46. The maximum absolute atomic E-state index is 12.9. The van der Waals surface area contributed by atoms with Gasteiger partial charge < -0.3 is 21.7 Å². The van der Waals surface area contributed by atoms with E-state index in [1.807, 2.05) is 13.8 Å². The summed E-state index contributed by atoms with van der Waals surface area (Å²) in [5.74, 6) is 0.141. The zero-order valence-electron chi connectivity index (χ0n) is 18.0. The number of nitrogens with two attached hydrogens (primary N) is 1. The van der Waals surface area contributed by atoms with Gasteiger partial charge in [0, 0.05) is 12.1 Å². The van der Waals surface area contributed by atoms with Gasteiger partial charge >= 0.3 is 6.03 Å². The normalized spacial score (nSPS) is 14.7. The molecule has 6 heteroatoms. The van der Waals surface area contributed by atoms with E-state index < -0.39 is 6.03 Å². The molecule has 26 heavy (non-hydrogen) atoms. The molecule has 0 aromatic rings. The fourth-order valence-electron chi connectivity index (χ4n) is 2.64. The van der Waals surface area contributed by atoms with E-state index in [4.69, 9.17) is 5.73 Å². The van der Waals surface area contributed by atoms with Gasteiger partial charge in [-0.2, -0.15) is 0 Å². The van der Waals surface area contributed by atoms with Crippen LogP contribution >= 0.6 is 0 Å². The van der Waals surface area contributed by atoms with Crippen molar-refractivity contribution >= 4 is 11.9 Å². The van der Waals surface area contributed by atoms with Crippen LogP contribution in [0, 0.1) is 11.3 Å². The average Bonchev–Trinajstić information content (AvgIpc) is 2.44. The average molecular weight is 369 g/mol. The lowest BCUT2D eigenvalue weighted by Gasteiger charge is -2.34. The van der Waals surface area contributed by atoms with Gasteiger partial charge in [-0.1, -0.05) is 41.2 Å². The van der Waals surface area contributed by atoms with Gasteiger partial charge in [0.25, 0.3) is 0 Å². The molecule has 0 bridgehead atoms. The van der Waals surface area contributed by atoms with E-state index in [9.17, 15) is 9.59 Å². The van der Waals surface area contributed by atoms with Crippen LogP contribution in [-0.2, 0) is 4.79 Å². The second-order valence-electron chi connectivity index (χ2n) is 9.39. The Labute approximate surface area is 159 Å². The molecule has 0 saturated heterocycles. The van der Waals surface area contributed by atoms with Crippen LogP contribution in [0.15, 0.2) is 12.2 Å². The van der Waals surface area contributed by atoms with Gasteiger partial charge in [-0.15, -0.1) is 0 Å². The Hall–Kier alpha value is -1.56. The third-order valence-corrected chi connectivity index (χ3v) is 4.21. The molecule has 0 spiro atoms. The predicted molar refractivity (Wildman–Crippen MR) is 109 cm³/mol. The number of nitrogens with one attached hydrogen (secondary N) is 3. The van der Waals surface area contributed by atoms with Gasteiger partial charge in [0.1, 0.15) is 0 Å². The summed E-state index contributed by atoms with van der Waals surface area (Å²) in [6, 6.07) is -0.969. The minimum atomic E-state index is -0.533. The number of rotatable bonds is 9. The number of hydrogen-bond acceptors (Lipinski definition) is 3. The van der Waals surface area contributed by atoms with Crippen molar-refractivity contribution in [2.75, 3.05) is 6.54 Å². The van der Waals surface area contributed by atoms with Crippen LogP contribution in [-0.4, -0.2) is 36.1 Å². The number of urea groups is 1. The molecule has 3 amide bonds. The molecule has 0 aliphatic rings. The summed E-state index contributed by atoms with van der Waals surface area (Å²) in [7, 11) is 0.